The average molecular weight is 380 g/mol. The number of piperidine rings is 1. The highest BCUT2D eigenvalue weighted by Gasteiger charge is 2.19. The van der Waals surface area contributed by atoms with Crippen molar-refractivity contribution < 1.29 is 4.79 Å². The summed E-state index contributed by atoms with van der Waals surface area (Å²) in [5, 5.41) is 4.24. The van der Waals surface area contributed by atoms with Crippen molar-refractivity contribution in [1.82, 2.24) is 4.98 Å². The number of nitrogens with zero attached hydrogens (tertiary/aromatic N) is 2. The maximum atomic E-state index is 12.5. The zero-order valence-electron chi connectivity index (χ0n) is 17.3. The number of carbonyl (C=O) groups excluding carboxylic acids is 1. The minimum Gasteiger partial charge on any atom is -0.357 e. The highest BCUT2D eigenvalue weighted by molar-refractivity contribution is 5.94. The maximum Gasteiger partial charge on any atom is 0.224 e. The molecular weight excluding hydrogens is 346 g/mol. The van der Waals surface area contributed by atoms with E-state index in [1.807, 2.05) is 6.07 Å². The molecule has 0 atom stereocenters. The fraction of sp³-hybridized carbons (Fsp3) is 0.583. The Morgan fingerprint density at radius 2 is 1.86 bits per heavy atom. The van der Waals surface area contributed by atoms with Crippen molar-refractivity contribution in [2.75, 3.05) is 23.3 Å². The number of fused-ring (bicyclic) bond motifs is 1. The van der Waals surface area contributed by atoms with E-state index in [1.54, 1.807) is 0 Å². The minimum absolute atomic E-state index is 0.149. The largest absolute Gasteiger partial charge is 0.357 e. The standard InChI is InChI=1S/C24H33N3O/c1-17-10-12-27(13-11-17)23-14-18(2)21-16-20(8-9-22(21)26-23)25-24(28)15-19-6-4-3-5-7-19/h8-9,14,16-17,19H,3-7,10-13,15H2,1-2H3,(H,25,28). The molecule has 0 unspecified atom stereocenters. The van der Waals surface area contributed by atoms with Crippen molar-refractivity contribution in [2.24, 2.45) is 11.8 Å². The summed E-state index contributed by atoms with van der Waals surface area (Å²) in [5.74, 6) is 2.62. The van der Waals surface area contributed by atoms with Crippen LogP contribution in [-0.4, -0.2) is 24.0 Å². The van der Waals surface area contributed by atoms with Crippen LogP contribution in [-0.2, 0) is 4.79 Å². The molecule has 150 valence electrons. The smallest absolute Gasteiger partial charge is 0.224 e. The highest BCUT2D eigenvalue weighted by Crippen LogP contribution is 2.29. The molecular formula is C24H33N3O. The van der Waals surface area contributed by atoms with E-state index in [0.29, 0.717) is 12.3 Å². The van der Waals surface area contributed by atoms with Crippen molar-refractivity contribution in [2.45, 2.75) is 65.2 Å². The first-order valence-electron chi connectivity index (χ1n) is 11.0. The molecule has 1 aliphatic heterocycles. The molecule has 2 fully saturated rings. The lowest BCUT2D eigenvalue weighted by molar-refractivity contribution is -0.117. The van der Waals surface area contributed by atoms with Crippen LogP contribution in [0.2, 0.25) is 0 Å². The van der Waals surface area contributed by atoms with E-state index in [2.05, 4.69) is 42.3 Å². The maximum absolute atomic E-state index is 12.5. The van der Waals surface area contributed by atoms with Gasteiger partial charge in [0.25, 0.3) is 0 Å². The van der Waals surface area contributed by atoms with Crippen molar-refractivity contribution in [1.29, 1.82) is 0 Å². The summed E-state index contributed by atoms with van der Waals surface area (Å²) in [7, 11) is 0. The Balaban J connectivity index is 1.47. The van der Waals surface area contributed by atoms with Crippen molar-refractivity contribution >= 4 is 28.3 Å². The molecule has 1 N–H and O–H groups in total. The number of nitrogens with one attached hydrogen (secondary N) is 1. The molecule has 2 heterocycles. The molecule has 1 aliphatic carbocycles. The Morgan fingerprint density at radius 1 is 1.11 bits per heavy atom. The van der Waals surface area contributed by atoms with Crippen LogP contribution in [0.15, 0.2) is 24.3 Å². The zero-order valence-corrected chi connectivity index (χ0v) is 17.3. The number of benzene rings is 1. The number of rotatable bonds is 4. The summed E-state index contributed by atoms with van der Waals surface area (Å²) >= 11 is 0. The van der Waals surface area contributed by atoms with Crippen LogP contribution in [0, 0.1) is 18.8 Å². The SMILES string of the molecule is Cc1cc(N2CCC(C)CC2)nc2ccc(NC(=O)CC3CCCCC3)cc12. The number of aromatic nitrogens is 1. The summed E-state index contributed by atoms with van der Waals surface area (Å²) in [4.78, 5) is 19.8. The second kappa shape index (κ2) is 8.50. The van der Waals surface area contributed by atoms with Crippen molar-refractivity contribution in [3.05, 3.63) is 29.8 Å². The van der Waals surface area contributed by atoms with Crippen molar-refractivity contribution in [3.63, 3.8) is 0 Å². The molecule has 1 amide bonds. The second-order valence-electron chi connectivity index (χ2n) is 8.96. The normalized spacial score (nSPS) is 19.1. The average Bonchev–Trinajstić information content (AvgIpc) is 2.69. The predicted molar refractivity (Wildman–Crippen MR) is 117 cm³/mol. The number of carbonyl (C=O) groups is 1. The van der Waals surface area contributed by atoms with E-state index in [-0.39, 0.29) is 5.91 Å². The van der Waals surface area contributed by atoms with Crippen LogP contribution in [0.4, 0.5) is 11.5 Å². The van der Waals surface area contributed by atoms with Gasteiger partial charge in [-0.3, -0.25) is 4.79 Å². The molecule has 1 saturated heterocycles. The first-order chi connectivity index (χ1) is 13.6. The molecule has 1 aromatic heterocycles. The van der Waals surface area contributed by atoms with Crippen LogP contribution < -0.4 is 10.2 Å². The van der Waals surface area contributed by atoms with Gasteiger partial charge in [0, 0.05) is 30.6 Å². The fourth-order valence-corrected chi connectivity index (χ4v) is 4.72. The molecule has 1 saturated carbocycles. The molecule has 0 bridgehead atoms. The Labute approximate surface area is 168 Å². The Bertz CT molecular complexity index is 833. The first-order valence-corrected chi connectivity index (χ1v) is 11.0. The van der Waals surface area contributed by atoms with Gasteiger partial charge >= 0.3 is 0 Å². The molecule has 1 aromatic carbocycles. The van der Waals surface area contributed by atoms with Gasteiger partial charge in [0.1, 0.15) is 5.82 Å². The summed E-state index contributed by atoms with van der Waals surface area (Å²) in [6.07, 6.45) is 9.41. The second-order valence-corrected chi connectivity index (χ2v) is 8.96. The number of anilines is 2. The van der Waals surface area contributed by atoms with Gasteiger partial charge in [0.05, 0.1) is 5.52 Å². The monoisotopic (exact) mass is 379 g/mol. The third-order valence-electron chi connectivity index (χ3n) is 6.59. The van der Waals surface area contributed by atoms with Crippen molar-refractivity contribution in [3.8, 4) is 0 Å². The molecule has 4 heteroatoms. The molecule has 4 rings (SSSR count). The van der Waals surface area contributed by atoms with E-state index in [4.69, 9.17) is 4.98 Å². The number of pyridine rings is 1. The van der Waals surface area contributed by atoms with E-state index in [9.17, 15) is 4.79 Å². The molecule has 28 heavy (non-hydrogen) atoms. The number of amides is 1. The van der Waals surface area contributed by atoms with Gasteiger partial charge in [-0.1, -0.05) is 26.2 Å². The van der Waals surface area contributed by atoms with Crippen LogP contribution in [0.1, 0.15) is 63.9 Å². The summed E-state index contributed by atoms with van der Waals surface area (Å²) in [6, 6.07) is 8.33. The van der Waals surface area contributed by atoms with E-state index < -0.39 is 0 Å². The third-order valence-corrected chi connectivity index (χ3v) is 6.59. The lowest BCUT2D eigenvalue weighted by Crippen LogP contribution is -2.33. The number of hydrogen-bond donors (Lipinski definition) is 1. The summed E-state index contributed by atoms with van der Waals surface area (Å²) in [6.45, 7) is 6.66. The summed E-state index contributed by atoms with van der Waals surface area (Å²) in [5.41, 5.74) is 3.12. The van der Waals surface area contributed by atoms with Gasteiger partial charge < -0.3 is 10.2 Å². The molecule has 0 spiro atoms. The minimum atomic E-state index is 0.149. The molecule has 0 radical (unpaired) electrons. The Hall–Kier alpha value is -2.10. The quantitative estimate of drug-likeness (QED) is 0.742. The Kier molecular flexibility index (Phi) is 5.84. The lowest BCUT2D eigenvalue weighted by Gasteiger charge is -2.31. The zero-order chi connectivity index (χ0) is 19.5. The Morgan fingerprint density at radius 3 is 2.61 bits per heavy atom. The van der Waals surface area contributed by atoms with E-state index in [0.717, 1.165) is 41.4 Å². The lowest BCUT2D eigenvalue weighted by atomic mass is 9.87. The van der Waals surface area contributed by atoms with E-state index in [1.165, 1.54) is 50.5 Å². The summed E-state index contributed by atoms with van der Waals surface area (Å²) < 4.78 is 0. The molecule has 2 aromatic rings. The number of hydrogen-bond acceptors (Lipinski definition) is 3. The predicted octanol–water partition coefficient (Wildman–Crippen LogP) is 5.69. The van der Waals surface area contributed by atoms with E-state index >= 15 is 0 Å². The van der Waals surface area contributed by atoms with Crippen LogP contribution in [0.3, 0.4) is 0 Å². The number of aryl methyl sites for hydroxylation is 1. The highest BCUT2D eigenvalue weighted by atomic mass is 16.1. The molecule has 2 aliphatic rings. The van der Waals surface area contributed by atoms with Gasteiger partial charge in [0.15, 0.2) is 0 Å². The first kappa shape index (κ1) is 19.2. The fourth-order valence-electron chi connectivity index (χ4n) is 4.72. The van der Waals surface area contributed by atoms with Crippen LogP contribution in [0.5, 0.6) is 0 Å². The van der Waals surface area contributed by atoms with Gasteiger partial charge in [0.2, 0.25) is 5.91 Å². The van der Waals surface area contributed by atoms with Gasteiger partial charge in [-0.05, 0) is 74.3 Å². The van der Waals surface area contributed by atoms with Gasteiger partial charge in [-0.15, -0.1) is 0 Å². The van der Waals surface area contributed by atoms with Gasteiger partial charge in [-0.25, -0.2) is 4.98 Å². The van der Waals surface area contributed by atoms with Gasteiger partial charge in [-0.2, -0.15) is 0 Å². The van der Waals surface area contributed by atoms with Crippen LogP contribution >= 0.6 is 0 Å². The third kappa shape index (κ3) is 4.48. The molecule has 4 nitrogen and oxygen atoms in total. The van der Waals surface area contributed by atoms with Crippen LogP contribution in [0.25, 0.3) is 10.9 Å². The topological polar surface area (TPSA) is 45.2 Å².